The van der Waals surface area contributed by atoms with E-state index < -0.39 is 24.2 Å². The Morgan fingerprint density at radius 3 is 2.35 bits per heavy atom. The van der Waals surface area contributed by atoms with Crippen LogP contribution in [0.25, 0.3) is 0 Å². The van der Waals surface area contributed by atoms with Gasteiger partial charge in [-0.3, -0.25) is 9.69 Å². The molecular formula is C20H20F3N3O8. The van der Waals surface area contributed by atoms with Crippen LogP contribution in [0.3, 0.4) is 0 Å². The first-order chi connectivity index (χ1) is 15.9. The second-order valence-electron chi connectivity index (χ2n) is 7.71. The Morgan fingerprint density at radius 1 is 1.18 bits per heavy atom. The molecule has 0 spiro atoms. The van der Waals surface area contributed by atoms with Crippen LogP contribution in [0.2, 0.25) is 0 Å². The van der Waals surface area contributed by atoms with Gasteiger partial charge in [-0.1, -0.05) is 12.1 Å². The minimum Gasteiger partial charge on any atom is -0.508 e. The highest BCUT2D eigenvalue weighted by molar-refractivity contribution is 6.00. The summed E-state index contributed by atoms with van der Waals surface area (Å²) >= 11 is 0. The molecule has 1 aromatic rings. The SMILES string of the molecule is O=C(NCc1ccc(O)cc1)OCC1=C(C(=O)O)N2C(=O)[C@H]3NC[C@@H](C1)[C@H]32.O=C(O)C(F)(F)F. The lowest BCUT2D eigenvalue weighted by Crippen LogP contribution is -2.68. The van der Waals surface area contributed by atoms with E-state index in [1.54, 1.807) is 12.1 Å². The fourth-order valence-corrected chi connectivity index (χ4v) is 4.01. The minimum atomic E-state index is -5.08. The summed E-state index contributed by atoms with van der Waals surface area (Å²) in [6, 6.07) is 5.95. The minimum absolute atomic E-state index is 0.0625. The van der Waals surface area contributed by atoms with Crippen LogP contribution in [0.15, 0.2) is 35.5 Å². The molecule has 0 aliphatic carbocycles. The summed E-state index contributed by atoms with van der Waals surface area (Å²) in [6.45, 7) is 0.673. The predicted octanol–water partition coefficient (Wildman–Crippen LogP) is 0.793. The van der Waals surface area contributed by atoms with Gasteiger partial charge in [0, 0.05) is 13.1 Å². The maximum atomic E-state index is 12.2. The van der Waals surface area contributed by atoms with Crippen LogP contribution in [-0.2, 0) is 25.7 Å². The quantitative estimate of drug-likeness (QED) is 0.378. The number of nitrogens with zero attached hydrogens (tertiary/aromatic N) is 1. The van der Waals surface area contributed by atoms with Gasteiger partial charge in [0.15, 0.2) is 0 Å². The number of β-lactam (4-membered cyclic amide) rings is 1. The number of carbonyl (C=O) groups excluding carboxylic acids is 2. The molecular weight excluding hydrogens is 467 g/mol. The normalized spacial score (nSPS) is 22.7. The first kappa shape index (κ1) is 24.8. The fourth-order valence-electron chi connectivity index (χ4n) is 4.01. The predicted molar refractivity (Wildman–Crippen MR) is 105 cm³/mol. The number of rotatable bonds is 5. The van der Waals surface area contributed by atoms with Crippen molar-refractivity contribution in [2.24, 2.45) is 5.92 Å². The highest BCUT2D eigenvalue weighted by Gasteiger charge is 2.59. The van der Waals surface area contributed by atoms with Crippen molar-refractivity contribution in [1.29, 1.82) is 0 Å². The summed E-state index contributed by atoms with van der Waals surface area (Å²) in [7, 11) is 0. The van der Waals surface area contributed by atoms with Crippen molar-refractivity contribution < 1.29 is 52.4 Å². The van der Waals surface area contributed by atoms with E-state index in [1.165, 1.54) is 17.0 Å². The summed E-state index contributed by atoms with van der Waals surface area (Å²) < 4.78 is 36.9. The number of nitrogens with one attached hydrogen (secondary N) is 2. The number of carboxylic acid groups (broad SMARTS) is 2. The number of carbonyl (C=O) groups is 4. The van der Waals surface area contributed by atoms with Gasteiger partial charge < -0.3 is 30.7 Å². The number of aromatic hydroxyl groups is 1. The molecule has 3 aliphatic rings. The smallest absolute Gasteiger partial charge is 0.490 e. The van der Waals surface area contributed by atoms with E-state index >= 15 is 0 Å². The van der Waals surface area contributed by atoms with Crippen molar-refractivity contribution in [1.82, 2.24) is 15.5 Å². The Labute approximate surface area is 189 Å². The number of phenolic OH excluding ortho intramolecular Hbond substituents is 1. The number of benzene rings is 1. The molecule has 5 N–H and O–H groups in total. The van der Waals surface area contributed by atoms with Crippen molar-refractivity contribution in [3.8, 4) is 5.75 Å². The summed E-state index contributed by atoms with van der Waals surface area (Å²) in [5.74, 6) is -3.92. The molecule has 4 rings (SSSR count). The molecule has 0 saturated carbocycles. The Hall–Kier alpha value is -3.81. The number of carboxylic acids is 2. The molecule has 2 fully saturated rings. The van der Waals surface area contributed by atoms with Crippen LogP contribution in [-0.4, -0.2) is 75.6 Å². The molecule has 2 amide bonds. The lowest BCUT2D eigenvalue weighted by molar-refractivity contribution is -0.192. The standard InChI is InChI=1S/C18H19N3O6.C2HF3O2/c22-12-3-1-9(2-4-12)6-20-18(26)27-8-11-5-10-7-19-13-14(10)21(16(13)23)15(11)17(24)25;3-2(4,5)1(6)7/h1-4,10,13-14,19,22H,5-8H2,(H,20,26)(H,24,25);(H,6,7)/t10-,13+,14-;/m1./s1. The Morgan fingerprint density at radius 2 is 1.79 bits per heavy atom. The van der Waals surface area contributed by atoms with Gasteiger partial charge >= 0.3 is 24.2 Å². The van der Waals surface area contributed by atoms with Gasteiger partial charge in [-0.05, 0) is 35.6 Å². The van der Waals surface area contributed by atoms with Crippen LogP contribution in [0.5, 0.6) is 5.75 Å². The van der Waals surface area contributed by atoms with Crippen molar-refractivity contribution in [2.75, 3.05) is 13.2 Å². The fraction of sp³-hybridized carbons (Fsp3) is 0.400. The number of amides is 2. The molecule has 1 aromatic carbocycles. The van der Waals surface area contributed by atoms with Gasteiger partial charge in [0.2, 0.25) is 5.91 Å². The monoisotopic (exact) mass is 487 g/mol. The molecule has 34 heavy (non-hydrogen) atoms. The Kier molecular flexibility index (Phi) is 7.00. The number of hydrogen-bond donors (Lipinski definition) is 5. The topological polar surface area (TPSA) is 165 Å². The zero-order valence-corrected chi connectivity index (χ0v) is 17.3. The van der Waals surface area contributed by atoms with Gasteiger partial charge in [-0.15, -0.1) is 0 Å². The summed E-state index contributed by atoms with van der Waals surface area (Å²) in [5, 5.41) is 31.6. The first-order valence-corrected chi connectivity index (χ1v) is 9.90. The molecule has 14 heteroatoms. The third-order valence-corrected chi connectivity index (χ3v) is 5.51. The largest absolute Gasteiger partial charge is 0.508 e. The lowest BCUT2D eigenvalue weighted by Gasteiger charge is -2.48. The van der Waals surface area contributed by atoms with Crippen molar-refractivity contribution in [3.63, 3.8) is 0 Å². The molecule has 11 nitrogen and oxygen atoms in total. The Balaban J connectivity index is 0.000000406. The van der Waals surface area contributed by atoms with E-state index in [0.717, 1.165) is 5.56 Å². The van der Waals surface area contributed by atoms with Gasteiger partial charge in [0.05, 0.1) is 6.04 Å². The molecule has 0 bridgehead atoms. The average molecular weight is 487 g/mol. The van der Waals surface area contributed by atoms with Crippen LogP contribution in [0.1, 0.15) is 12.0 Å². The van der Waals surface area contributed by atoms with Gasteiger partial charge in [0.25, 0.3) is 0 Å². The zero-order chi connectivity index (χ0) is 25.2. The van der Waals surface area contributed by atoms with E-state index in [-0.39, 0.29) is 48.5 Å². The number of aliphatic carboxylic acids is 2. The van der Waals surface area contributed by atoms with Gasteiger partial charge in [-0.25, -0.2) is 14.4 Å². The molecule has 3 aliphatic heterocycles. The molecule has 3 heterocycles. The van der Waals surface area contributed by atoms with Crippen molar-refractivity contribution in [2.45, 2.75) is 31.2 Å². The van der Waals surface area contributed by atoms with E-state index in [0.29, 0.717) is 18.5 Å². The first-order valence-electron chi connectivity index (χ1n) is 9.90. The van der Waals surface area contributed by atoms with Gasteiger partial charge in [-0.2, -0.15) is 13.2 Å². The van der Waals surface area contributed by atoms with E-state index in [1.807, 2.05) is 0 Å². The van der Waals surface area contributed by atoms with Crippen LogP contribution in [0, 0.1) is 5.92 Å². The second-order valence-corrected chi connectivity index (χ2v) is 7.71. The van der Waals surface area contributed by atoms with Crippen LogP contribution in [0.4, 0.5) is 18.0 Å². The maximum absolute atomic E-state index is 12.2. The number of hydrogen-bond acceptors (Lipinski definition) is 7. The van der Waals surface area contributed by atoms with E-state index in [2.05, 4.69) is 10.6 Å². The second kappa shape index (κ2) is 9.59. The summed E-state index contributed by atoms with van der Waals surface area (Å²) in [5.41, 5.74) is 1.16. The highest BCUT2D eigenvalue weighted by Crippen LogP contribution is 2.43. The van der Waals surface area contributed by atoms with E-state index in [9.17, 15) is 37.8 Å². The highest BCUT2D eigenvalue weighted by atomic mass is 19.4. The van der Waals surface area contributed by atoms with E-state index in [4.69, 9.17) is 14.6 Å². The molecule has 0 radical (unpaired) electrons. The number of alkyl carbamates (subject to hydrolysis) is 1. The third kappa shape index (κ3) is 5.22. The molecule has 0 unspecified atom stereocenters. The number of alkyl halides is 3. The molecule has 0 aromatic heterocycles. The maximum Gasteiger partial charge on any atom is 0.490 e. The number of ether oxygens (including phenoxy) is 1. The zero-order valence-electron chi connectivity index (χ0n) is 17.3. The summed E-state index contributed by atoms with van der Waals surface area (Å²) in [6.07, 6.45) is -5.29. The molecule has 2 saturated heterocycles. The van der Waals surface area contributed by atoms with Crippen molar-refractivity contribution >= 4 is 23.9 Å². The third-order valence-electron chi connectivity index (χ3n) is 5.51. The molecule has 3 atom stereocenters. The van der Waals surface area contributed by atoms with Crippen LogP contribution >= 0.6 is 0 Å². The number of halogens is 3. The number of phenols is 1. The molecule has 184 valence electrons. The van der Waals surface area contributed by atoms with Crippen molar-refractivity contribution in [3.05, 3.63) is 41.1 Å². The van der Waals surface area contributed by atoms with Crippen LogP contribution < -0.4 is 10.6 Å². The lowest BCUT2D eigenvalue weighted by atomic mass is 9.79. The summed E-state index contributed by atoms with van der Waals surface area (Å²) in [4.78, 5) is 46.0. The van der Waals surface area contributed by atoms with Gasteiger partial charge in [0.1, 0.15) is 24.1 Å². The Bertz CT molecular complexity index is 1020. The average Bonchev–Trinajstić information content (AvgIpc) is 3.17.